The van der Waals surface area contributed by atoms with Crippen molar-refractivity contribution in [2.24, 2.45) is 0 Å². The summed E-state index contributed by atoms with van der Waals surface area (Å²) in [6, 6.07) is 12.0. The van der Waals surface area contributed by atoms with E-state index in [1.165, 1.54) is 5.56 Å². The number of hydrogen-bond acceptors (Lipinski definition) is 4. The van der Waals surface area contributed by atoms with E-state index in [0.29, 0.717) is 13.0 Å². The van der Waals surface area contributed by atoms with Gasteiger partial charge in [0, 0.05) is 27.3 Å². The van der Waals surface area contributed by atoms with Gasteiger partial charge in [0.2, 0.25) is 5.91 Å². The van der Waals surface area contributed by atoms with E-state index in [-0.39, 0.29) is 12.0 Å². The van der Waals surface area contributed by atoms with Gasteiger partial charge in [-0.2, -0.15) is 0 Å². The van der Waals surface area contributed by atoms with Crippen molar-refractivity contribution in [2.45, 2.75) is 18.9 Å². The van der Waals surface area contributed by atoms with Crippen molar-refractivity contribution >= 4 is 17.4 Å². The van der Waals surface area contributed by atoms with Gasteiger partial charge in [0.15, 0.2) is 5.82 Å². The third-order valence-corrected chi connectivity index (χ3v) is 4.38. The number of rotatable bonds is 4. The van der Waals surface area contributed by atoms with Gasteiger partial charge < -0.3 is 14.5 Å². The lowest BCUT2D eigenvalue weighted by Crippen LogP contribution is -2.31. The normalized spacial score (nSPS) is 16.4. The number of amides is 1. The first-order valence-electron chi connectivity index (χ1n) is 8.16. The van der Waals surface area contributed by atoms with E-state index in [1.54, 1.807) is 18.1 Å². The smallest absolute Gasteiger partial charge is 0.229 e. The standard InChI is InChI=1S/C19H23N3O2/c1-21(2)19-16(9-6-11-20-19)22(3)18(23)13-17-15-8-5-4-7-14(15)10-12-24-17/h4-9,11,17H,10,12-13H2,1-3H3/t17-/m1/s1. The van der Waals surface area contributed by atoms with E-state index >= 15 is 0 Å². The molecule has 2 heterocycles. The quantitative estimate of drug-likeness (QED) is 0.867. The number of benzene rings is 1. The molecule has 24 heavy (non-hydrogen) atoms. The van der Waals surface area contributed by atoms with Crippen molar-refractivity contribution in [1.82, 2.24) is 4.98 Å². The lowest BCUT2D eigenvalue weighted by molar-refractivity contribution is -0.121. The monoisotopic (exact) mass is 325 g/mol. The summed E-state index contributed by atoms with van der Waals surface area (Å²) in [5, 5.41) is 0. The Kier molecular flexibility index (Phi) is 4.81. The number of carbonyl (C=O) groups excluding carboxylic acids is 1. The molecule has 0 saturated heterocycles. The van der Waals surface area contributed by atoms with Crippen LogP contribution in [0.5, 0.6) is 0 Å². The average molecular weight is 325 g/mol. The maximum atomic E-state index is 12.8. The number of hydrogen-bond donors (Lipinski definition) is 0. The molecule has 1 amide bonds. The molecule has 2 aromatic rings. The minimum Gasteiger partial charge on any atom is -0.373 e. The fraction of sp³-hybridized carbons (Fsp3) is 0.368. The molecule has 0 aliphatic carbocycles. The number of carbonyl (C=O) groups is 1. The van der Waals surface area contributed by atoms with Gasteiger partial charge in [-0.1, -0.05) is 24.3 Å². The van der Waals surface area contributed by atoms with Crippen LogP contribution in [0, 0.1) is 0 Å². The van der Waals surface area contributed by atoms with E-state index in [1.807, 2.05) is 43.3 Å². The van der Waals surface area contributed by atoms with Crippen LogP contribution in [0.2, 0.25) is 0 Å². The van der Waals surface area contributed by atoms with Gasteiger partial charge >= 0.3 is 0 Å². The molecule has 3 rings (SSSR count). The fourth-order valence-electron chi connectivity index (χ4n) is 3.07. The highest BCUT2D eigenvalue weighted by Crippen LogP contribution is 2.31. The molecule has 0 fully saturated rings. The zero-order valence-corrected chi connectivity index (χ0v) is 14.4. The lowest BCUT2D eigenvalue weighted by atomic mass is 9.95. The third kappa shape index (κ3) is 3.26. The molecule has 5 heteroatoms. The molecule has 1 aromatic carbocycles. The van der Waals surface area contributed by atoms with Crippen molar-refractivity contribution < 1.29 is 9.53 Å². The zero-order chi connectivity index (χ0) is 17.1. The second kappa shape index (κ2) is 7.01. The van der Waals surface area contributed by atoms with Crippen LogP contribution < -0.4 is 9.80 Å². The van der Waals surface area contributed by atoms with Gasteiger partial charge in [-0.3, -0.25) is 4.79 Å². The van der Waals surface area contributed by atoms with E-state index < -0.39 is 0 Å². The molecule has 0 unspecified atom stereocenters. The Morgan fingerprint density at radius 2 is 2.00 bits per heavy atom. The van der Waals surface area contributed by atoms with Crippen LogP contribution in [0.25, 0.3) is 0 Å². The van der Waals surface area contributed by atoms with Gasteiger partial charge in [0.25, 0.3) is 0 Å². The summed E-state index contributed by atoms with van der Waals surface area (Å²) in [5.74, 6) is 0.797. The van der Waals surface area contributed by atoms with Crippen LogP contribution in [0.1, 0.15) is 23.7 Å². The number of nitrogens with zero attached hydrogens (tertiary/aromatic N) is 3. The Bertz CT molecular complexity index is 730. The first kappa shape index (κ1) is 16.5. The van der Waals surface area contributed by atoms with Crippen LogP contribution in [0.15, 0.2) is 42.6 Å². The van der Waals surface area contributed by atoms with Crippen LogP contribution in [0.3, 0.4) is 0 Å². The lowest BCUT2D eigenvalue weighted by Gasteiger charge is -2.28. The zero-order valence-electron chi connectivity index (χ0n) is 14.4. The summed E-state index contributed by atoms with van der Waals surface area (Å²) in [4.78, 5) is 20.7. The van der Waals surface area contributed by atoms with Gasteiger partial charge in [-0.05, 0) is 29.7 Å². The number of anilines is 2. The molecule has 0 spiro atoms. The first-order valence-corrected chi connectivity index (χ1v) is 8.16. The Morgan fingerprint density at radius 1 is 1.21 bits per heavy atom. The second-order valence-electron chi connectivity index (χ2n) is 6.21. The summed E-state index contributed by atoms with van der Waals surface area (Å²) >= 11 is 0. The minimum atomic E-state index is -0.177. The molecule has 1 aromatic heterocycles. The largest absolute Gasteiger partial charge is 0.373 e. The van der Waals surface area contributed by atoms with E-state index in [0.717, 1.165) is 23.5 Å². The molecule has 1 aliphatic rings. The summed E-state index contributed by atoms with van der Waals surface area (Å²) in [6.45, 7) is 0.661. The molecular formula is C19H23N3O2. The molecule has 0 bridgehead atoms. The van der Waals surface area contributed by atoms with E-state index in [2.05, 4.69) is 17.1 Å². The molecule has 5 nitrogen and oxygen atoms in total. The first-order chi connectivity index (χ1) is 11.6. The Hall–Kier alpha value is -2.40. The van der Waals surface area contributed by atoms with Gasteiger partial charge in [-0.15, -0.1) is 0 Å². The fourth-order valence-corrected chi connectivity index (χ4v) is 3.07. The number of aromatic nitrogens is 1. The van der Waals surface area contributed by atoms with E-state index in [9.17, 15) is 4.79 Å². The number of pyridine rings is 1. The van der Waals surface area contributed by atoms with Crippen molar-refractivity contribution in [3.8, 4) is 0 Å². The molecule has 1 aliphatic heterocycles. The highest BCUT2D eigenvalue weighted by atomic mass is 16.5. The van der Waals surface area contributed by atoms with Gasteiger partial charge in [0.05, 0.1) is 24.8 Å². The molecule has 0 saturated carbocycles. The summed E-state index contributed by atoms with van der Waals surface area (Å²) in [7, 11) is 5.64. The molecule has 0 N–H and O–H groups in total. The second-order valence-corrected chi connectivity index (χ2v) is 6.21. The van der Waals surface area contributed by atoms with Crippen molar-refractivity contribution in [1.29, 1.82) is 0 Å². The number of ether oxygens (including phenoxy) is 1. The maximum Gasteiger partial charge on any atom is 0.229 e. The molecular weight excluding hydrogens is 302 g/mol. The molecule has 0 radical (unpaired) electrons. The van der Waals surface area contributed by atoms with Crippen molar-refractivity contribution in [3.05, 3.63) is 53.7 Å². The van der Waals surface area contributed by atoms with Crippen molar-refractivity contribution in [3.63, 3.8) is 0 Å². The highest BCUT2D eigenvalue weighted by molar-refractivity contribution is 5.95. The minimum absolute atomic E-state index is 0.0211. The summed E-state index contributed by atoms with van der Waals surface area (Å²) < 4.78 is 5.87. The average Bonchev–Trinajstić information content (AvgIpc) is 2.61. The molecule has 126 valence electrons. The number of fused-ring (bicyclic) bond motifs is 1. The predicted molar refractivity (Wildman–Crippen MR) is 95.4 cm³/mol. The Balaban J connectivity index is 1.79. The topological polar surface area (TPSA) is 45.7 Å². The summed E-state index contributed by atoms with van der Waals surface area (Å²) in [6.07, 6.45) is 2.79. The van der Waals surface area contributed by atoms with E-state index in [4.69, 9.17) is 4.74 Å². The van der Waals surface area contributed by atoms with Gasteiger partial charge in [0.1, 0.15) is 0 Å². The van der Waals surface area contributed by atoms with Gasteiger partial charge in [-0.25, -0.2) is 4.98 Å². The summed E-state index contributed by atoms with van der Waals surface area (Å²) in [5.41, 5.74) is 3.21. The maximum absolute atomic E-state index is 12.8. The Morgan fingerprint density at radius 3 is 2.79 bits per heavy atom. The van der Waals surface area contributed by atoms with Crippen LogP contribution >= 0.6 is 0 Å². The SMILES string of the molecule is CN(C)c1ncccc1N(C)C(=O)C[C@H]1OCCc2ccccc21. The van der Waals surface area contributed by atoms with Crippen LogP contribution in [-0.2, 0) is 16.0 Å². The van der Waals surface area contributed by atoms with Crippen LogP contribution in [0.4, 0.5) is 11.5 Å². The predicted octanol–water partition coefficient (Wildman–Crippen LogP) is 2.81. The third-order valence-electron chi connectivity index (χ3n) is 4.38. The van der Waals surface area contributed by atoms with Crippen molar-refractivity contribution in [2.75, 3.05) is 37.5 Å². The highest BCUT2D eigenvalue weighted by Gasteiger charge is 2.26. The van der Waals surface area contributed by atoms with Crippen LogP contribution in [-0.4, -0.2) is 38.6 Å². The Labute approximate surface area is 142 Å². The molecule has 1 atom stereocenters.